The Bertz CT molecular complexity index is 464. The number of hydrogen-bond acceptors (Lipinski definition) is 5. The monoisotopic (exact) mass is 309 g/mol. The van der Waals surface area contributed by atoms with Gasteiger partial charge in [-0.3, -0.25) is 0 Å². The lowest BCUT2D eigenvalue weighted by Gasteiger charge is -2.19. The van der Waals surface area contributed by atoms with E-state index in [0.717, 1.165) is 17.5 Å². The molecule has 0 saturated heterocycles. The molecule has 5 nitrogen and oxygen atoms in total. The minimum atomic E-state index is 0.104. The third-order valence-electron chi connectivity index (χ3n) is 3.79. The Labute approximate surface area is 129 Å². The molecular weight excluding hydrogens is 286 g/mol. The largest absolute Gasteiger partial charge is 0.492 e. The number of ether oxygens (including phenoxy) is 1. The maximum absolute atomic E-state index is 8.60. The van der Waals surface area contributed by atoms with Crippen LogP contribution in [0.15, 0.2) is 29.4 Å². The fraction of sp³-hybridized carbons (Fsp3) is 0.533. The Morgan fingerprint density at radius 2 is 2.19 bits per heavy atom. The van der Waals surface area contributed by atoms with Gasteiger partial charge < -0.3 is 21.0 Å². The number of nitrogens with two attached hydrogens (primary N) is 1. The zero-order valence-corrected chi connectivity index (χ0v) is 13.1. The van der Waals surface area contributed by atoms with E-state index in [0.29, 0.717) is 18.2 Å². The van der Waals surface area contributed by atoms with Crippen LogP contribution >= 0.6 is 11.8 Å². The van der Waals surface area contributed by atoms with Crippen molar-refractivity contribution >= 4 is 17.6 Å². The van der Waals surface area contributed by atoms with Crippen molar-refractivity contribution in [1.29, 1.82) is 0 Å². The molecule has 1 saturated carbocycles. The molecule has 2 rings (SSSR count). The Morgan fingerprint density at radius 3 is 2.86 bits per heavy atom. The van der Waals surface area contributed by atoms with Gasteiger partial charge in [0.2, 0.25) is 0 Å². The normalized spacial score (nSPS) is 22.4. The zero-order valence-electron chi connectivity index (χ0n) is 12.3. The first-order valence-corrected chi connectivity index (χ1v) is 8.50. The molecule has 2 unspecified atom stereocenters. The second-order valence-corrected chi connectivity index (χ2v) is 6.20. The van der Waals surface area contributed by atoms with Crippen LogP contribution in [0.4, 0.5) is 0 Å². The molecule has 6 heteroatoms. The average Bonchev–Trinajstić information content (AvgIpc) is 2.99. The van der Waals surface area contributed by atoms with Gasteiger partial charge in [-0.15, -0.1) is 0 Å². The fourth-order valence-corrected chi connectivity index (χ4v) is 3.60. The second-order valence-electron chi connectivity index (χ2n) is 5.12. The van der Waals surface area contributed by atoms with Crippen molar-refractivity contribution in [2.45, 2.75) is 30.6 Å². The van der Waals surface area contributed by atoms with Crippen molar-refractivity contribution in [3.8, 4) is 5.75 Å². The highest BCUT2D eigenvalue weighted by molar-refractivity contribution is 7.99. The smallest absolute Gasteiger partial charge is 0.170 e. The highest BCUT2D eigenvalue weighted by Crippen LogP contribution is 2.28. The van der Waals surface area contributed by atoms with Crippen LogP contribution in [-0.4, -0.2) is 41.7 Å². The highest BCUT2D eigenvalue weighted by atomic mass is 32.2. The van der Waals surface area contributed by atoms with E-state index in [4.69, 9.17) is 15.7 Å². The van der Waals surface area contributed by atoms with Crippen molar-refractivity contribution in [3.63, 3.8) is 0 Å². The van der Waals surface area contributed by atoms with Crippen LogP contribution in [-0.2, 0) is 0 Å². The summed E-state index contributed by atoms with van der Waals surface area (Å²) in [4.78, 5) is 0. The van der Waals surface area contributed by atoms with Gasteiger partial charge in [0.25, 0.3) is 0 Å². The van der Waals surface area contributed by atoms with Crippen LogP contribution in [0.1, 0.15) is 24.8 Å². The van der Waals surface area contributed by atoms with E-state index in [-0.39, 0.29) is 5.84 Å². The molecule has 1 fully saturated rings. The van der Waals surface area contributed by atoms with E-state index in [9.17, 15) is 0 Å². The van der Waals surface area contributed by atoms with Crippen LogP contribution in [0.2, 0.25) is 0 Å². The highest BCUT2D eigenvalue weighted by Gasteiger charge is 2.25. The third kappa shape index (κ3) is 4.54. The first-order valence-electron chi connectivity index (χ1n) is 7.21. The SMILES string of the molecule is CSC1CCCC1NCCOc1ccc(/C(N)=N/O)cc1. The van der Waals surface area contributed by atoms with Crippen molar-refractivity contribution in [2.24, 2.45) is 10.9 Å². The summed E-state index contributed by atoms with van der Waals surface area (Å²) in [5, 5.41) is 15.9. The Kier molecular flexibility index (Phi) is 6.20. The molecule has 116 valence electrons. The molecule has 2 atom stereocenters. The maximum Gasteiger partial charge on any atom is 0.170 e. The number of amidine groups is 1. The first kappa shape index (κ1) is 16.0. The van der Waals surface area contributed by atoms with Gasteiger partial charge in [0.15, 0.2) is 5.84 Å². The number of thioether (sulfide) groups is 1. The molecule has 21 heavy (non-hydrogen) atoms. The van der Waals surface area contributed by atoms with Crippen molar-refractivity contribution in [3.05, 3.63) is 29.8 Å². The van der Waals surface area contributed by atoms with Gasteiger partial charge in [-0.25, -0.2) is 0 Å². The number of nitrogens with one attached hydrogen (secondary N) is 1. The number of hydrogen-bond donors (Lipinski definition) is 3. The van der Waals surface area contributed by atoms with Crippen molar-refractivity contribution in [1.82, 2.24) is 5.32 Å². The molecule has 0 bridgehead atoms. The molecule has 1 aliphatic rings. The topological polar surface area (TPSA) is 79.9 Å². The summed E-state index contributed by atoms with van der Waals surface area (Å²) in [6.45, 7) is 1.49. The standard InChI is InChI=1S/C15H23N3O2S/c1-21-14-4-2-3-13(14)17-9-10-20-12-7-5-11(6-8-12)15(16)18-19/h5-8,13-14,17,19H,2-4,9-10H2,1H3,(H2,16,18). The van der Waals surface area contributed by atoms with E-state index < -0.39 is 0 Å². The van der Waals surface area contributed by atoms with Gasteiger partial charge in [-0.2, -0.15) is 11.8 Å². The van der Waals surface area contributed by atoms with Gasteiger partial charge in [0, 0.05) is 23.4 Å². The molecule has 1 aromatic rings. The maximum atomic E-state index is 8.60. The van der Waals surface area contributed by atoms with Crippen LogP contribution in [0.5, 0.6) is 5.75 Å². The Morgan fingerprint density at radius 1 is 1.43 bits per heavy atom. The third-order valence-corrected chi connectivity index (χ3v) is 4.96. The van der Waals surface area contributed by atoms with Gasteiger partial charge in [0.1, 0.15) is 12.4 Å². The van der Waals surface area contributed by atoms with E-state index in [2.05, 4.69) is 16.7 Å². The molecule has 0 amide bonds. The molecule has 1 aromatic carbocycles. The summed E-state index contributed by atoms with van der Waals surface area (Å²) < 4.78 is 5.69. The summed E-state index contributed by atoms with van der Waals surface area (Å²) in [5.41, 5.74) is 6.19. The lowest BCUT2D eigenvalue weighted by Crippen LogP contribution is -2.36. The van der Waals surface area contributed by atoms with Crippen LogP contribution < -0.4 is 15.8 Å². The molecular formula is C15H23N3O2S. The van der Waals surface area contributed by atoms with E-state index >= 15 is 0 Å². The number of nitrogens with zero attached hydrogens (tertiary/aromatic N) is 1. The van der Waals surface area contributed by atoms with Crippen LogP contribution in [0.3, 0.4) is 0 Å². The zero-order chi connectivity index (χ0) is 15.1. The molecule has 0 aromatic heterocycles. The minimum absolute atomic E-state index is 0.104. The quantitative estimate of drug-likeness (QED) is 0.236. The second kappa shape index (κ2) is 8.14. The summed E-state index contributed by atoms with van der Waals surface area (Å²) in [6, 6.07) is 7.82. The Hall–Kier alpha value is -1.40. The molecule has 1 aliphatic carbocycles. The molecule has 0 radical (unpaired) electrons. The molecule has 0 heterocycles. The summed E-state index contributed by atoms with van der Waals surface area (Å²) >= 11 is 1.95. The molecule has 0 aliphatic heterocycles. The summed E-state index contributed by atoms with van der Waals surface area (Å²) in [6.07, 6.45) is 6.08. The van der Waals surface area contributed by atoms with E-state index in [1.54, 1.807) is 12.1 Å². The van der Waals surface area contributed by atoms with Gasteiger partial charge in [-0.05, 0) is 43.4 Å². The lowest BCUT2D eigenvalue weighted by atomic mass is 10.2. The molecule has 4 N–H and O–H groups in total. The fourth-order valence-electron chi connectivity index (χ4n) is 2.63. The summed E-state index contributed by atoms with van der Waals surface area (Å²) in [7, 11) is 0. The minimum Gasteiger partial charge on any atom is -0.492 e. The number of benzene rings is 1. The number of oxime groups is 1. The van der Waals surface area contributed by atoms with Gasteiger partial charge in [-0.1, -0.05) is 11.6 Å². The number of rotatable bonds is 7. The van der Waals surface area contributed by atoms with Crippen molar-refractivity contribution in [2.75, 3.05) is 19.4 Å². The predicted octanol–water partition coefficient (Wildman–Crippen LogP) is 2.03. The van der Waals surface area contributed by atoms with Crippen molar-refractivity contribution < 1.29 is 9.94 Å². The van der Waals surface area contributed by atoms with Crippen LogP contribution in [0, 0.1) is 0 Å². The average molecular weight is 309 g/mol. The first-order chi connectivity index (χ1) is 10.2. The molecule has 0 spiro atoms. The van der Waals surface area contributed by atoms with Gasteiger partial charge >= 0.3 is 0 Å². The predicted molar refractivity (Wildman–Crippen MR) is 87.4 cm³/mol. The van der Waals surface area contributed by atoms with E-state index in [1.807, 2.05) is 23.9 Å². The lowest BCUT2D eigenvalue weighted by molar-refractivity contribution is 0.305. The summed E-state index contributed by atoms with van der Waals surface area (Å²) in [5.74, 6) is 0.895. The van der Waals surface area contributed by atoms with Gasteiger partial charge in [0.05, 0.1) is 0 Å². The van der Waals surface area contributed by atoms with Crippen LogP contribution in [0.25, 0.3) is 0 Å². The Balaban J connectivity index is 1.71. The van der Waals surface area contributed by atoms with E-state index in [1.165, 1.54) is 19.3 Å².